The molecule has 5 heteroatoms. The third-order valence-electron chi connectivity index (χ3n) is 5.89. The molecule has 4 rings (SSSR count). The van der Waals surface area contributed by atoms with E-state index >= 15 is 0 Å². The van der Waals surface area contributed by atoms with Gasteiger partial charge >= 0.3 is 0 Å². The zero-order valence-corrected chi connectivity index (χ0v) is 21.0. The first-order valence-electron chi connectivity index (χ1n) is 11.9. The Labute approximate surface area is 212 Å². The summed E-state index contributed by atoms with van der Waals surface area (Å²) in [7, 11) is 0. The van der Waals surface area contributed by atoms with E-state index in [-0.39, 0.29) is 11.5 Å². The number of phenols is 2. The van der Waals surface area contributed by atoms with Crippen LogP contribution in [0.1, 0.15) is 34.7 Å². The molecule has 4 aromatic carbocycles. The van der Waals surface area contributed by atoms with Crippen LogP contribution in [0.4, 0.5) is 11.4 Å². The summed E-state index contributed by atoms with van der Waals surface area (Å²) in [5.41, 5.74) is 7.97. The summed E-state index contributed by atoms with van der Waals surface area (Å²) in [6, 6.07) is 22.4. The SMILES string of the molecule is CCOc1cc(-c2cc(C)cc(C)c2N=Cc2ccccc2O)c(C)cc1N=Cc1ccccc1O. The van der Waals surface area contributed by atoms with Crippen molar-refractivity contribution in [2.75, 3.05) is 6.61 Å². The number of nitrogens with zero attached hydrogens (tertiary/aromatic N) is 2. The van der Waals surface area contributed by atoms with Crippen LogP contribution < -0.4 is 4.74 Å². The van der Waals surface area contributed by atoms with Gasteiger partial charge < -0.3 is 14.9 Å². The number of para-hydroxylation sites is 2. The lowest BCUT2D eigenvalue weighted by Gasteiger charge is -2.16. The van der Waals surface area contributed by atoms with Gasteiger partial charge in [-0.25, -0.2) is 0 Å². The molecule has 0 aromatic heterocycles. The van der Waals surface area contributed by atoms with Crippen LogP contribution in [0.2, 0.25) is 0 Å². The van der Waals surface area contributed by atoms with E-state index in [0.717, 1.165) is 33.5 Å². The van der Waals surface area contributed by atoms with Crippen molar-refractivity contribution in [3.05, 3.63) is 101 Å². The summed E-state index contributed by atoms with van der Waals surface area (Å²) in [4.78, 5) is 9.42. The average Bonchev–Trinajstić information content (AvgIpc) is 2.85. The Morgan fingerprint density at radius 2 is 1.33 bits per heavy atom. The standard InChI is InChI=1S/C31H30N2O3/c1-5-36-30-17-25(21(3)16-27(30)32-18-23-10-6-8-12-28(23)34)26-15-20(2)14-22(4)31(26)33-19-24-11-7-9-13-29(24)35/h6-19,34-35H,5H2,1-4H3. The van der Waals surface area contributed by atoms with Gasteiger partial charge in [-0.15, -0.1) is 0 Å². The zero-order chi connectivity index (χ0) is 25.7. The molecule has 0 heterocycles. The number of benzene rings is 4. The highest BCUT2D eigenvalue weighted by Crippen LogP contribution is 2.41. The molecule has 0 spiro atoms. The normalized spacial score (nSPS) is 11.4. The Bertz CT molecular complexity index is 1450. The van der Waals surface area contributed by atoms with Gasteiger partial charge in [0, 0.05) is 29.1 Å². The molecule has 4 aromatic rings. The highest BCUT2D eigenvalue weighted by molar-refractivity contribution is 5.91. The van der Waals surface area contributed by atoms with E-state index in [4.69, 9.17) is 9.73 Å². The third-order valence-corrected chi connectivity index (χ3v) is 5.89. The summed E-state index contributed by atoms with van der Waals surface area (Å²) in [5.74, 6) is 1.02. The Balaban J connectivity index is 1.82. The molecular weight excluding hydrogens is 448 g/mol. The van der Waals surface area contributed by atoms with Crippen molar-refractivity contribution in [2.45, 2.75) is 27.7 Å². The molecular formula is C31H30N2O3. The monoisotopic (exact) mass is 478 g/mol. The van der Waals surface area contributed by atoms with Gasteiger partial charge in [-0.2, -0.15) is 0 Å². The van der Waals surface area contributed by atoms with Gasteiger partial charge in [-0.05, 0) is 86.8 Å². The number of phenolic OH excluding ortho intramolecular Hbond substituents is 2. The van der Waals surface area contributed by atoms with Gasteiger partial charge in [-0.1, -0.05) is 35.9 Å². The van der Waals surface area contributed by atoms with Crippen molar-refractivity contribution in [1.82, 2.24) is 0 Å². The van der Waals surface area contributed by atoms with Crippen molar-refractivity contribution >= 4 is 23.8 Å². The molecule has 0 aliphatic heterocycles. The van der Waals surface area contributed by atoms with Crippen LogP contribution in [-0.4, -0.2) is 29.2 Å². The van der Waals surface area contributed by atoms with Gasteiger partial charge in [0.05, 0.1) is 12.3 Å². The molecule has 2 N–H and O–H groups in total. The Morgan fingerprint density at radius 3 is 1.94 bits per heavy atom. The van der Waals surface area contributed by atoms with Crippen molar-refractivity contribution in [1.29, 1.82) is 0 Å². The van der Waals surface area contributed by atoms with Crippen molar-refractivity contribution < 1.29 is 14.9 Å². The van der Waals surface area contributed by atoms with Gasteiger partial charge in [0.2, 0.25) is 0 Å². The Kier molecular flexibility index (Phi) is 7.50. The van der Waals surface area contributed by atoms with Crippen LogP contribution in [0.15, 0.2) is 82.8 Å². The van der Waals surface area contributed by atoms with E-state index in [0.29, 0.717) is 29.2 Å². The molecule has 0 saturated carbocycles. The number of aryl methyl sites for hydroxylation is 3. The minimum Gasteiger partial charge on any atom is -0.507 e. The van der Waals surface area contributed by atoms with Crippen molar-refractivity contribution in [3.63, 3.8) is 0 Å². The molecule has 0 amide bonds. The molecule has 182 valence electrons. The van der Waals surface area contributed by atoms with E-state index < -0.39 is 0 Å². The molecule has 0 aliphatic rings. The topological polar surface area (TPSA) is 74.4 Å². The van der Waals surface area contributed by atoms with E-state index in [1.807, 2.05) is 57.2 Å². The van der Waals surface area contributed by atoms with Gasteiger partial charge in [-0.3, -0.25) is 9.98 Å². The Morgan fingerprint density at radius 1 is 0.722 bits per heavy atom. The van der Waals surface area contributed by atoms with Gasteiger partial charge in [0.25, 0.3) is 0 Å². The van der Waals surface area contributed by atoms with Crippen LogP contribution in [-0.2, 0) is 0 Å². The smallest absolute Gasteiger partial charge is 0.145 e. The fraction of sp³-hybridized carbons (Fsp3) is 0.161. The lowest BCUT2D eigenvalue weighted by atomic mass is 9.94. The molecule has 0 aliphatic carbocycles. The second-order valence-electron chi connectivity index (χ2n) is 8.68. The number of hydrogen-bond acceptors (Lipinski definition) is 5. The molecule has 0 atom stereocenters. The number of aromatic hydroxyl groups is 2. The molecule has 5 nitrogen and oxygen atoms in total. The number of ether oxygens (including phenoxy) is 1. The second-order valence-corrected chi connectivity index (χ2v) is 8.68. The summed E-state index contributed by atoms with van der Waals surface area (Å²) in [6.07, 6.45) is 3.34. The Hall–Kier alpha value is -4.38. The molecule has 36 heavy (non-hydrogen) atoms. The van der Waals surface area contributed by atoms with Crippen molar-refractivity contribution in [3.8, 4) is 28.4 Å². The molecule has 0 bridgehead atoms. The first kappa shape index (κ1) is 24.7. The van der Waals surface area contributed by atoms with Crippen LogP contribution in [0.25, 0.3) is 11.1 Å². The fourth-order valence-corrected chi connectivity index (χ4v) is 4.14. The summed E-state index contributed by atoms with van der Waals surface area (Å²) >= 11 is 0. The minimum absolute atomic E-state index is 0.176. The van der Waals surface area contributed by atoms with Crippen LogP contribution in [0.3, 0.4) is 0 Å². The number of aliphatic imine (C=N–C) groups is 2. The molecule has 0 saturated heterocycles. The van der Waals surface area contributed by atoms with Gasteiger partial charge in [0.15, 0.2) is 0 Å². The predicted molar refractivity (Wildman–Crippen MR) is 148 cm³/mol. The predicted octanol–water partition coefficient (Wildman–Crippen LogP) is 7.59. The fourth-order valence-electron chi connectivity index (χ4n) is 4.14. The molecule has 0 unspecified atom stereocenters. The quantitative estimate of drug-likeness (QED) is 0.269. The average molecular weight is 479 g/mol. The number of rotatable bonds is 7. The van der Waals surface area contributed by atoms with Crippen LogP contribution >= 0.6 is 0 Å². The van der Waals surface area contributed by atoms with E-state index in [2.05, 4.69) is 24.0 Å². The van der Waals surface area contributed by atoms with E-state index in [9.17, 15) is 10.2 Å². The number of hydrogen-bond donors (Lipinski definition) is 2. The van der Waals surface area contributed by atoms with E-state index in [1.165, 1.54) is 0 Å². The maximum absolute atomic E-state index is 10.2. The zero-order valence-electron chi connectivity index (χ0n) is 21.0. The minimum atomic E-state index is 0.176. The first-order chi connectivity index (χ1) is 17.4. The second kappa shape index (κ2) is 10.9. The van der Waals surface area contributed by atoms with E-state index in [1.54, 1.807) is 36.7 Å². The van der Waals surface area contributed by atoms with Crippen LogP contribution in [0.5, 0.6) is 17.2 Å². The highest BCUT2D eigenvalue weighted by Gasteiger charge is 2.15. The third kappa shape index (κ3) is 5.47. The van der Waals surface area contributed by atoms with Crippen LogP contribution in [0, 0.1) is 20.8 Å². The first-order valence-corrected chi connectivity index (χ1v) is 11.9. The lowest BCUT2D eigenvalue weighted by Crippen LogP contribution is -1.95. The summed E-state index contributed by atoms with van der Waals surface area (Å²) in [6.45, 7) is 8.58. The van der Waals surface area contributed by atoms with Gasteiger partial charge in [0.1, 0.15) is 22.9 Å². The highest BCUT2D eigenvalue weighted by atomic mass is 16.5. The van der Waals surface area contributed by atoms with Crippen molar-refractivity contribution in [2.24, 2.45) is 9.98 Å². The largest absolute Gasteiger partial charge is 0.507 e. The maximum atomic E-state index is 10.2. The summed E-state index contributed by atoms with van der Waals surface area (Å²) in [5, 5.41) is 20.3. The lowest BCUT2D eigenvalue weighted by molar-refractivity contribution is 0.341. The maximum Gasteiger partial charge on any atom is 0.145 e. The molecule has 0 radical (unpaired) electrons. The summed E-state index contributed by atoms with van der Waals surface area (Å²) < 4.78 is 5.97. The molecule has 0 fully saturated rings.